The van der Waals surface area contributed by atoms with E-state index in [1.807, 2.05) is 30.0 Å². The average Bonchev–Trinajstić information content (AvgIpc) is 2.56. The van der Waals surface area contributed by atoms with Gasteiger partial charge >= 0.3 is 0 Å². The fraction of sp³-hybridized carbons (Fsp3) is 0.263. The molecule has 0 unspecified atom stereocenters. The molecular weight excluding hydrogens is 288 g/mol. The molecule has 0 saturated heterocycles. The molecule has 0 bridgehead atoms. The molecule has 2 aliphatic rings. The first-order chi connectivity index (χ1) is 11.2. The van der Waals surface area contributed by atoms with E-state index in [9.17, 15) is 10.2 Å². The molecule has 0 saturated carbocycles. The molecule has 0 atom stereocenters. The second-order valence-electron chi connectivity index (χ2n) is 6.12. The number of nitrogens with zero attached hydrogens (tertiary/aromatic N) is 2. The third-order valence-corrected chi connectivity index (χ3v) is 4.66. The number of fused-ring (bicyclic) bond motifs is 2. The average molecular weight is 307 g/mol. The van der Waals surface area contributed by atoms with Crippen molar-refractivity contribution < 1.29 is 14.8 Å². The third kappa shape index (κ3) is 2.13. The van der Waals surface area contributed by atoms with E-state index in [4.69, 9.17) is 0 Å². The van der Waals surface area contributed by atoms with Crippen LogP contribution in [0.2, 0.25) is 0 Å². The summed E-state index contributed by atoms with van der Waals surface area (Å²) in [6.07, 6.45) is 7.72. The van der Waals surface area contributed by atoms with E-state index in [1.165, 1.54) is 5.56 Å². The normalized spacial score (nSPS) is 15.8. The van der Waals surface area contributed by atoms with E-state index >= 15 is 0 Å². The Morgan fingerprint density at radius 1 is 0.913 bits per heavy atom. The van der Waals surface area contributed by atoms with Gasteiger partial charge in [-0.3, -0.25) is 4.99 Å². The van der Waals surface area contributed by atoms with Crippen LogP contribution in [0.25, 0.3) is 11.1 Å². The Morgan fingerprint density at radius 2 is 1.61 bits per heavy atom. The van der Waals surface area contributed by atoms with Crippen LogP contribution in [0.4, 0.5) is 11.4 Å². The van der Waals surface area contributed by atoms with Gasteiger partial charge in [-0.05, 0) is 43.0 Å². The molecule has 0 amide bonds. The standard InChI is InChI=1S/C19H18N2O2/c1-21-11-3-5-13-7-9-15(23)17(19(13)21)16-14(22)8-6-12-4-2-10-20-18(12)16/h6-11H,2-5H2,1H3,(H-,22,23)/p+1. The quantitative estimate of drug-likeness (QED) is 0.789. The molecule has 4 heteroatoms. The van der Waals surface area contributed by atoms with E-state index in [0.29, 0.717) is 11.1 Å². The Balaban J connectivity index is 2.08. The van der Waals surface area contributed by atoms with Gasteiger partial charge < -0.3 is 10.2 Å². The third-order valence-electron chi connectivity index (χ3n) is 4.66. The smallest absolute Gasteiger partial charge is 0.219 e. The lowest BCUT2D eigenvalue weighted by molar-refractivity contribution is -0.402. The zero-order valence-corrected chi connectivity index (χ0v) is 13.1. The maximum atomic E-state index is 10.6. The summed E-state index contributed by atoms with van der Waals surface area (Å²) in [6, 6.07) is 7.32. The first-order valence-electron chi connectivity index (χ1n) is 7.95. The number of phenolic OH excluding ortho intramolecular Hbond substituents is 2. The molecule has 4 rings (SSSR count). The number of rotatable bonds is 1. The van der Waals surface area contributed by atoms with Crippen LogP contribution in [0.5, 0.6) is 11.5 Å². The van der Waals surface area contributed by atoms with Crippen molar-refractivity contribution in [3.8, 4) is 22.6 Å². The summed E-state index contributed by atoms with van der Waals surface area (Å²) in [6.45, 7) is 0. The van der Waals surface area contributed by atoms with Gasteiger partial charge in [0.2, 0.25) is 5.69 Å². The molecule has 0 aliphatic carbocycles. The first kappa shape index (κ1) is 14.0. The highest BCUT2D eigenvalue weighted by molar-refractivity contribution is 5.94. The van der Waals surface area contributed by atoms with Gasteiger partial charge in [-0.1, -0.05) is 6.07 Å². The zero-order chi connectivity index (χ0) is 16.0. The molecule has 0 spiro atoms. The Hall–Kier alpha value is -2.62. The molecule has 2 heterocycles. The minimum Gasteiger partial charge on any atom is -0.507 e. The van der Waals surface area contributed by atoms with Crippen LogP contribution in [-0.2, 0) is 12.8 Å². The van der Waals surface area contributed by atoms with Gasteiger partial charge in [-0.15, -0.1) is 0 Å². The second kappa shape index (κ2) is 5.23. The number of hydrogen-bond acceptors (Lipinski definition) is 3. The molecule has 2 aliphatic heterocycles. The Morgan fingerprint density at radius 3 is 2.43 bits per heavy atom. The van der Waals surface area contributed by atoms with Crippen LogP contribution in [0.1, 0.15) is 24.0 Å². The molecule has 2 aromatic carbocycles. The number of benzene rings is 2. The topological polar surface area (TPSA) is 55.8 Å². The van der Waals surface area contributed by atoms with Gasteiger partial charge in [-0.25, -0.2) is 4.58 Å². The van der Waals surface area contributed by atoms with Crippen molar-refractivity contribution in [3.63, 3.8) is 0 Å². The molecule has 0 fully saturated rings. The van der Waals surface area contributed by atoms with Crippen LogP contribution in [-0.4, -0.2) is 34.3 Å². The van der Waals surface area contributed by atoms with Crippen LogP contribution in [0.3, 0.4) is 0 Å². The van der Waals surface area contributed by atoms with Crippen LogP contribution in [0.15, 0.2) is 29.3 Å². The number of aryl methyl sites for hydroxylation is 2. The van der Waals surface area contributed by atoms with Crippen LogP contribution >= 0.6 is 0 Å². The van der Waals surface area contributed by atoms with Crippen molar-refractivity contribution in [1.82, 2.24) is 0 Å². The maximum Gasteiger partial charge on any atom is 0.219 e. The summed E-state index contributed by atoms with van der Waals surface area (Å²) in [5, 5.41) is 21.1. The van der Waals surface area contributed by atoms with Gasteiger partial charge in [0.25, 0.3) is 0 Å². The minimum absolute atomic E-state index is 0.158. The fourth-order valence-corrected chi connectivity index (χ4v) is 3.57. The highest BCUT2D eigenvalue weighted by Crippen LogP contribution is 2.50. The number of aromatic hydroxyl groups is 2. The van der Waals surface area contributed by atoms with E-state index in [0.717, 1.165) is 42.6 Å². The maximum absolute atomic E-state index is 10.6. The summed E-state index contributed by atoms with van der Waals surface area (Å²) in [5.41, 5.74) is 5.34. The predicted molar refractivity (Wildman–Crippen MR) is 91.9 cm³/mol. The van der Waals surface area contributed by atoms with Crippen molar-refractivity contribution in [2.45, 2.75) is 25.7 Å². The molecule has 4 nitrogen and oxygen atoms in total. The highest BCUT2D eigenvalue weighted by atomic mass is 16.3. The van der Waals surface area contributed by atoms with Crippen molar-refractivity contribution in [1.29, 1.82) is 0 Å². The number of phenols is 2. The summed E-state index contributed by atoms with van der Waals surface area (Å²) < 4.78 is 2.04. The molecule has 23 heavy (non-hydrogen) atoms. The van der Waals surface area contributed by atoms with Gasteiger partial charge in [0.15, 0.2) is 0 Å². The first-order valence-corrected chi connectivity index (χ1v) is 7.95. The second-order valence-corrected chi connectivity index (χ2v) is 6.12. The van der Waals surface area contributed by atoms with E-state index < -0.39 is 0 Å². The molecule has 2 aromatic rings. The zero-order valence-electron chi connectivity index (χ0n) is 13.1. The minimum atomic E-state index is 0.158. The van der Waals surface area contributed by atoms with E-state index in [-0.39, 0.29) is 11.5 Å². The van der Waals surface area contributed by atoms with Crippen LogP contribution in [0, 0.1) is 0 Å². The van der Waals surface area contributed by atoms with Gasteiger partial charge in [0.1, 0.15) is 30.3 Å². The highest BCUT2D eigenvalue weighted by Gasteiger charge is 2.29. The summed E-state index contributed by atoms with van der Waals surface area (Å²) in [5.74, 6) is 0.334. The molecule has 0 aromatic heterocycles. The summed E-state index contributed by atoms with van der Waals surface area (Å²) >= 11 is 0. The van der Waals surface area contributed by atoms with Gasteiger partial charge in [-0.2, -0.15) is 0 Å². The molecule has 116 valence electrons. The number of aliphatic imine (C=N–C) groups is 1. The molecular formula is C19H19N2O2+. The lowest BCUT2D eigenvalue weighted by atomic mass is 9.90. The molecule has 2 N–H and O–H groups in total. The Kier molecular flexibility index (Phi) is 3.18. The molecule has 0 radical (unpaired) electrons. The monoisotopic (exact) mass is 307 g/mol. The summed E-state index contributed by atoms with van der Waals surface area (Å²) in [7, 11) is 1.98. The fourth-order valence-electron chi connectivity index (χ4n) is 3.57. The predicted octanol–water partition coefficient (Wildman–Crippen LogP) is 3.70. The van der Waals surface area contributed by atoms with E-state index in [1.54, 1.807) is 12.1 Å². The lowest BCUT2D eigenvalue weighted by Crippen LogP contribution is -2.11. The lowest BCUT2D eigenvalue weighted by Gasteiger charge is -2.19. The van der Waals surface area contributed by atoms with Crippen molar-refractivity contribution in [2.75, 3.05) is 7.05 Å². The number of hydrogen-bond donors (Lipinski definition) is 2. The summed E-state index contributed by atoms with van der Waals surface area (Å²) in [4.78, 5) is 4.52. The Labute approximate surface area is 135 Å². The van der Waals surface area contributed by atoms with Crippen LogP contribution < -0.4 is 0 Å². The van der Waals surface area contributed by atoms with Gasteiger partial charge in [0, 0.05) is 18.2 Å². The SMILES string of the molecule is C[N+]1=CCCc2ccc(O)c(-c3c(O)ccc4c3N=CCC4)c21. The van der Waals surface area contributed by atoms with Crippen molar-refractivity contribution >= 4 is 23.8 Å². The van der Waals surface area contributed by atoms with Crippen molar-refractivity contribution in [2.24, 2.45) is 4.99 Å². The van der Waals surface area contributed by atoms with Crippen molar-refractivity contribution in [3.05, 3.63) is 35.4 Å². The largest absolute Gasteiger partial charge is 0.507 e. The Bertz CT molecular complexity index is 866. The van der Waals surface area contributed by atoms with Gasteiger partial charge in [0.05, 0.1) is 11.3 Å². The van der Waals surface area contributed by atoms with E-state index in [2.05, 4.69) is 11.2 Å².